The summed E-state index contributed by atoms with van der Waals surface area (Å²) < 4.78 is 3.72. The standard InChI is InChI=1S/C10H14N4OS.Na/c1-3-4-5-14-8-7(13(2)6-11-8)9(16)12-10(14)15;/h6H,3-5H2,1-2H3,(H,12,15,16);/q;+1/p-1. The molecule has 0 saturated heterocycles. The second-order valence-corrected chi connectivity index (χ2v) is 4.12. The molecule has 0 N–H and O–H groups in total. The van der Waals surface area contributed by atoms with Gasteiger partial charge >= 0.3 is 29.6 Å². The molecule has 0 saturated carbocycles. The van der Waals surface area contributed by atoms with Crippen molar-refractivity contribution in [1.29, 1.82) is 0 Å². The van der Waals surface area contributed by atoms with Crippen LogP contribution < -0.4 is 40.2 Å². The van der Waals surface area contributed by atoms with Gasteiger partial charge in [-0.1, -0.05) is 32.0 Å². The normalized spacial score (nSPS) is 10.5. The number of fused-ring (bicyclic) bond motifs is 1. The van der Waals surface area contributed by atoms with Crippen LogP contribution in [-0.4, -0.2) is 14.1 Å². The summed E-state index contributed by atoms with van der Waals surface area (Å²) in [6, 6.07) is 0. The van der Waals surface area contributed by atoms with Crippen LogP contribution in [0, 0.1) is 4.64 Å². The van der Waals surface area contributed by atoms with E-state index in [9.17, 15) is 4.79 Å². The zero-order valence-electron chi connectivity index (χ0n) is 10.3. The van der Waals surface area contributed by atoms with Gasteiger partial charge in [0.25, 0.3) is 0 Å². The molecule has 0 radical (unpaired) electrons. The van der Waals surface area contributed by atoms with E-state index in [0.29, 0.717) is 16.8 Å². The maximum atomic E-state index is 11.7. The third-order valence-corrected chi connectivity index (χ3v) is 2.82. The molecular weight excluding hydrogens is 247 g/mol. The van der Waals surface area contributed by atoms with Crippen molar-refractivity contribution in [2.24, 2.45) is 7.05 Å². The number of nitrogens with zero attached hydrogens (tertiary/aromatic N) is 4. The van der Waals surface area contributed by atoms with Crippen molar-refractivity contribution in [3.05, 3.63) is 21.5 Å². The third-order valence-electron chi connectivity index (χ3n) is 2.54. The van der Waals surface area contributed by atoms with Crippen LogP contribution in [0.5, 0.6) is 0 Å². The van der Waals surface area contributed by atoms with Gasteiger partial charge in [0, 0.05) is 7.05 Å². The Balaban J connectivity index is 0.00000144. The Morgan fingerprint density at radius 2 is 2.24 bits per heavy atom. The first kappa shape index (κ1) is 14.6. The fourth-order valence-corrected chi connectivity index (χ4v) is 1.98. The van der Waals surface area contributed by atoms with Crippen LogP contribution in [0.15, 0.2) is 11.1 Å². The van der Waals surface area contributed by atoms with E-state index in [0.717, 1.165) is 18.4 Å². The largest absolute Gasteiger partial charge is 1.00 e. The summed E-state index contributed by atoms with van der Waals surface area (Å²) in [6.07, 6.45) is 3.62. The minimum atomic E-state index is -0.301. The van der Waals surface area contributed by atoms with Gasteiger partial charge in [0.1, 0.15) is 0 Å². The summed E-state index contributed by atoms with van der Waals surface area (Å²) in [7, 11) is 1.85. The van der Waals surface area contributed by atoms with E-state index in [1.54, 1.807) is 15.5 Å². The number of imidazole rings is 1. The monoisotopic (exact) mass is 260 g/mol. The van der Waals surface area contributed by atoms with Gasteiger partial charge in [-0.15, -0.1) is 0 Å². The van der Waals surface area contributed by atoms with Gasteiger partial charge in [-0.3, -0.25) is 4.79 Å². The average molecular weight is 260 g/mol. The van der Waals surface area contributed by atoms with E-state index in [4.69, 9.17) is 12.2 Å². The molecule has 2 aromatic rings. The van der Waals surface area contributed by atoms with E-state index >= 15 is 0 Å². The zero-order chi connectivity index (χ0) is 11.7. The molecule has 2 heterocycles. The number of unbranched alkanes of at least 4 members (excludes halogenated alkanes) is 1. The second-order valence-electron chi connectivity index (χ2n) is 3.73. The van der Waals surface area contributed by atoms with Crippen molar-refractivity contribution in [2.75, 3.05) is 0 Å². The molecule has 0 aliphatic heterocycles. The van der Waals surface area contributed by atoms with E-state index in [2.05, 4.69) is 16.9 Å². The smallest absolute Gasteiger partial charge is 0.394 e. The zero-order valence-corrected chi connectivity index (χ0v) is 13.1. The predicted molar refractivity (Wildman–Crippen MR) is 64.0 cm³/mol. The number of aryl methyl sites for hydroxylation is 2. The summed E-state index contributed by atoms with van der Waals surface area (Å²) in [5.74, 6) is 0. The Morgan fingerprint density at radius 1 is 1.53 bits per heavy atom. The molecule has 0 aromatic carbocycles. The Bertz CT molecular complexity index is 627. The summed E-state index contributed by atoms with van der Waals surface area (Å²) in [6.45, 7) is 2.72. The van der Waals surface area contributed by atoms with Gasteiger partial charge in [0.05, 0.1) is 22.1 Å². The molecule has 2 aromatic heterocycles. The van der Waals surface area contributed by atoms with Crippen LogP contribution >= 0.6 is 12.2 Å². The number of aromatic nitrogens is 4. The Labute approximate surface area is 126 Å². The van der Waals surface area contributed by atoms with Crippen LogP contribution in [0.2, 0.25) is 0 Å². The molecule has 2 rings (SSSR count). The van der Waals surface area contributed by atoms with Crippen LogP contribution in [0.25, 0.3) is 11.2 Å². The number of rotatable bonds is 3. The summed E-state index contributed by atoms with van der Waals surface area (Å²) >= 11 is 5.07. The molecule has 0 aliphatic rings. The summed E-state index contributed by atoms with van der Waals surface area (Å²) in [5, 5.41) is 0. The van der Waals surface area contributed by atoms with Crippen molar-refractivity contribution >= 4 is 23.4 Å². The van der Waals surface area contributed by atoms with Gasteiger partial charge in [0.15, 0.2) is 5.69 Å². The van der Waals surface area contributed by atoms with Crippen molar-refractivity contribution in [1.82, 2.24) is 19.1 Å². The molecular formula is C10H13N4NaOS. The van der Waals surface area contributed by atoms with E-state index < -0.39 is 0 Å². The van der Waals surface area contributed by atoms with Crippen LogP contribution in [0.4, 0.5) is 0 Å². The minimum absolute atomic E-state index is 0. The average Bonchev–Trinajstić information content (AvgIpc) is 2.61. The molecule has 0 fully saturated rings. The molecule has 0 unspecified atom stereocenters. The predicted octanol–water partition coefficient (Wildman–Crippen LogP) is -1.77. The van der Waals surface area contributed by atoms with Crippen molar-refractivity contribution < 1.29 is 29.6 Å². The number of hydrogen-bond acceptors (Lipinski definition) is 3. The number of hydrogen-bond donors (Lipinski definition) is 0. The first-order valence-electron chi connectivity index (χ1n) is 5.24. The van der Waals surface area contributed by atoms with Crippen LogP contribution in [0.3, 0.4) is 0 Å². The quantitative estimate of drug-likeness (QED) is 0.484. The first-order valence-corrected chi connectivity index (χ1v) is 5.65. The Kier molecular flexibility index (Phi) is 5.12. The summed E-state index contributed by atoms with van der Waals surface area (Å²) in [4.78, 5) is 19.8. The molecule has 0 amide bonds. The SMILES string of the molecule is CCCCn1c(=O)[n-]c(=S)c2c1ncn2C.[Na+]. The van der Waals surface area contributed by atoms with E-state index in [1.807, 2.05) is 7.05 Å². The van der Waals surface area contributed by atoms with E-state index in [1.165, 1.54) is 0 Å². The van der Waals surface area contributed by atoms with Gasteiger partial charge in [-0.05, 0) is 6.54 Å². The summed E-state index contributed by atoms with van der Waals surface area (Å²) in [5.41, 5.74) is 1.09. The second kappa shape index (κ2) is 5.95. The molecule has 7 heteroatoms. The fraction of sp³-hybridized carbons (Fsp3) is 0.500. The maximum absolute atomic E-state index is 11.7. The van der Waals surface area contributed by atoms with Crippen LogP contribution in [0.1, 0.15) is 19.8 Å². The molecule has 0 spiro atoms. The first-order chi connectivity index (χ1) is 7.65. The van der Waals surface area contributed by atoms with Crippen LogP contribution in [-0.2, 0) is 13.6 Å². The molecule has 5 nitrogen and oxygen atoms in total. The van der Waals surface area contributed by atoms with Crippen molar-refractivity contribution in [3.8, 4) is 0 Å². The molecule has 0 atom stereocenters. The Morgan fingerprint density at radius 3 is 2.88 bits per heavy atom. The van der Waals surface area contributed by atoms with Gasteiger partial charge in [0.2, 0.25) is 0 Å². The fourth-order valence-electron chi connectivity index (χ4n) is 1.67. The van der Waals surface area contributed by atoms with Gasteiger partial charge < -0.3 is 14.1 Å². The van der Waals surface area contributed by atoms with Gasteiger partial charge in [-0.25, -0.2) is 4.98 Å². The minimum Gasteiger partial charge on any atom is -0.394 e. The molecule has 0 bridgehead atoms. The van der Waals surface area contributed by atoms with Crippen molar-refractivity contribution in [2.45, 2.75) is 26.3 Å². The third kappa shape index (κ3) is 2.70. The van der Waals surface area contributed by atoms with E-state index in [-0.39, 0.29) is 35.2 Å². The van der Waals surface area contributed by atoms with Gasteiger partial charge in [-0.2, -0.15) is 0 Å². The van der Waals surface area contributed by atoms with Crippen molar-refractivity contribution in [3.63, 3.8) is 0 Å². The molecule has 0 aliphatic carbocycles. The topological polar surface area (TPSA) is 53.9 Å². The molecule has 17 heavy (non-hydrogen) atoms. The maximum Gasteiger partial charge on any atom is 1.00 e. The Hall–Kier alpha value is -0.430. The molecule has 86 valence electrons.